The average molecular weight is 363 g/mol. The third-order valence-electron chi connectivity index (χ3n) is 2.76. The van der Waals surface area contributed by atoms with Gasteiger partial charge in [-0.1, -0.05) is 23.7 Å². The van der Waals surface area contributed by atoms with Crippen LogP contribution in [0.5, 0.6) is 0 Å². The molecule has 0 amide bonds. The number of halogens is 2. The van der Waals surface area contributed by atoms with Gasteiger partial charge in [0, 0.05) is 10.6 Å². The lowest BCUT2D eigenvalue weighted by Gasteiger charge is -2.24. The Morgan fingerprint density at radius 3 is 2.41 bits per heavy atom. The molecule has 0 aliphatic heterocycles. The van der Waals surface area contributed by atoms with E-state index in [0.29, 0.717) is 10.7 Å². The fourth-order valence-electron chi connectivity index (χ4n) is 1.87. The molecule has 90 valence electrons. The van der Waals surface area contributed by atoms with Crippen molar-refractivity contribution in [3.63, 3.8) is 0 Å². The summed E-state index contributed by atoms with van der Waals surface area (Å²) in [5, 5.41) is 15.2. The van der Waals surface area contributed by atoms with Gasteiger partial charge in [-0.15, -0.1) is 0 Å². The highest BCUT2D eigenvalue weighted by Gasteiger charge is 2.31. The van der Waals surface area contributed by atoms with Crippen LogP contribution in [0.1, 0.15) is 18.2 Å². The summed E-state index contributed by atoms with van der Waals surface area (Å²) in [5.74, 6) is 0. The van der Waals surface area contributed by atoms with Gasteiger partial charge in [0.05, 0.1) is 16.9 Å². The van der Waals surface area contributed by atoms with Crippen molar-refractivity contribution in [3.05, 3.63) is 50.3 Å². The summed E-state index contributed by atoms with van der Waals surface area (Å²) < 4.78 is 2.72. The lowest BCUT2D eigenvalue weighted by molar-refractivity contribution is 0.0930. The van der Waals surface area contributed by atoms with Crippen LogP contribution >= 0.6 is 34.2 Å². The van der Waals surface area contributed by atoms with Crippen molar-refractivity contribution in [2.24, 2.45) is 7.05 Å². The van der Waals surface area contributed by atoms with E-state index in [9.17, 15) is 5.11 Å². The van der Waals surface area contributed by atoms with Gasteiger partial charge in [-0.3, -0.25) is 4.68 Å². The molecule has 0 fully saturated rings. The second-order valence-electron chi connectivity index (χ2n) is 4.04. The molecule has 2 rings (SSSR count). The zero-order valence-electron chi connectivity index (χ0n) is 9.48. The summed E-state index contributed by atoms with van der Waals surface area (Å²) in [4.78, 5) is 0. The number of hydrogen-bond acceptors (Lipinski definition) is 2. The van der Waals surface area contributed by atoms with Crippen molar-refractivity contribution >= 4 is 34.2 Å². The van der Waals surface area contributed by atoms with Crippen LogP contribution in [0, 0.1) is 3.57 Å². The summed E-state index contributed by atoms with van der Waals surface area (Å²) in [6.45, 7) is 1.72. The molecule has 1 aromatic heterocycles. The van der Waals surface area contributed by atoms with E-state index in [1.54, 1.807) is 18.7 Å². The molecule has 0 bridgehead atoms. The summed E-state index contributed by atoms with van der Waals surface area (Å²) in [6, 6.07) is 7.69. The van der Waals surface area contributed by atoms with E-state index < -0.39 is 5.60 Å². The molecule has 1 N–H and O–H groups in total. The molecule has 2 aromatic rings. The Morgan fingerprint density at radius 2 is 1.94 bits per heavy atom. The van der Waals surface area contributed by atoms with E-state index in [1.165, 1.54) is 6.20 Å². The van der Waals surface area contributed by atoms with Gasteiger partial charge in [-0.2, -0.15) is 5.10 Å². The Morgan fingerprint density at radius 1 is 1.35 bits per heavy atom. The molecular formula is C12H12ClIN2O. The van der Waals surface area contributed by atoms with Crippen molar-refractivity contribution in [3.8, 4) is 0 Å². The molecule has 1 unspecified atom stereocenters. The van der Waals surface area contributed by atoms with Crippen molar-refractivity contribution in [2.45, 2.75) is 12.5 Å². The maximum atomic E-state index is 10.7. The van der Waals surface area contributed by atoms with Gasteiger partial charge >= 0.3 is 0 Å². The highest BCUT2D eigenvalue weighted by Crippen LogP contribution is 2.33. The maximum Gasteiger partial charge on any atom is 0.130 e. The first-order valence-electron chi connectivity index (χ1n) is 5.09. The van der Waals surface area contributed by atoms with Gasteiger partial charge in [0.25, 0.3) is 0 Å². The first-order chi connectivity index (χ1) is 7.93. The molecule has 0 saturated heterocycles. The number of benzene rings is 1. The second-order valence-corrected chi connectivity index (χ2v) is 5.70. The van der Waals surface area contributed by atoms with E-state index in [2.05, 4.69) is 27.7 Å². The first kappa shape index (κ1) is 12.9. The Balaban J connectivity index is 2.53. The van der Waals surface area contributed by atoms with Crippen LogP contribution < -0.4 is 0 Å². The van der Waals surface area contributed by atoms with Gasteiger partial charge in [0.2, 0.25) is 0 Å². The molecule has 0 aliphatic carbocycles. The maximum absolute atomic E-state index is 10.7. The third kappa shape index (κ3) is 2.34. The first-order valence-corrected chi connectivity index (χ1v) is 6.55. The van der Waals surface area contributed by atoms with Crippen molar-refractivity contribution < 1.29 is 5.11 Å². The van der Waals surface area contributed by atoms with Crippen LogP contribution in [0.25, 0.3) is 0 Å². The lowest BCUT2D eigenvalue weighted by Crippen LogP contribution is -2.26. The van der Waals surface area contributed by atoms with E-state index >= 15 is 0 Å². The minimum atomic E-state index is -1.15. The molecule has 3 nitrogen and oxygen atoms in total. The standard InChI is InChI=1S/C12H12ClIN2O/c1-12(17,8-3-5-9(14)6-4-8)11-10(13)7-15-16(11)2/h3-7,17H,1-2H3. The Bertz CT molecular complexity index is 514. The second kappa shape index (κ2) is 4.59. The van der Waals surface area contributed by atoms with Gasteiger partial charge in [-0.25, -0.2) is 0 Å². The number of hydrogen-bond donors (Lipinski definition) is 1. The molecule has 0 aliphatic rings. The molecule has 1 aromatic carbocycles. The van der Waals surface area contributed by atoms with Gasteiger partial charge in [0.1, 0.15) is 5.60 Å². The molecule has 17 heavy (non-hydrogen) atoms. The molecular weight excluding hydrogens is 351 g/mol. The highest BCUT2D eigenvalue weighted by molar-refractivity contribution is 14.1. The quantitative estimate of drug-likeness (QED) is 0.834. The van der Waals surface area contributed by atoms with E-state index in [-0.39, 0.29) is 0 Å². The van der Waals surface area contributed by atoms with Crippen LogP contribution in [0.2, 0.25) is 5.02 Å². The predicted octanol–water partition coefficient (Wildman–Crippen LogP) is 2.93. The Hall–Kier alpha value is -0.590. The normalized spacial score (nSPS) is 14.6. The van der Waals surface area contributed by atoms with Gasteiger partial charge in [-0.05, 0) is 47.2 Å². The summed E-state index contributed by atoms with van der Waals surface area (Å²) in [5.41, 5.74) is 0.246. The molecule has 1 heterocycles. The van der Waals surface area contributed by atoms with Crippen LogP contribution in [0.15, 0.2) is 30.5 Å². The number of aliphatic hydroxyl groups is 1. The zero-order chi connectivity index (χ0) is 12.6. The van der Waals surface area contributed by atoms with Crippen molar-refractivity contribution in [1.82, 2.24) is 9.78 Å². The molecule has 0 radical (unpaired) electrons. The molecule has 5 heteroatoms. The number of aromatic nitrogens is 2. The highest BCUT2D eigenvalue weighted by atomic mass is 127. The number of rotatable bonds is 2. The zero-order valence-corrected chi connectivity index (χ0v) is 12.4. The smallest absolute Gasteiger partial charge is 0.130 e. The average Bonchev–Trinajstić information content (AvgIpc) is 2.59. The third-order valence-corrected chi connectivity index (χ3v) is 3.76. The number of aryl methyl sites for hydroxylation is 1. The predicted molar refractivity (Wildman–Crippen MR) is 76.0 cm³/mol. The largest absolute Gasteiger partial charge is 0.379 e. The number of nitrogens with zero attached hydrogens (tertiary/aromatic N) is 2. The van der Waals surface area contributed by atoms with Crippen LogP contribution in [-0.4, -0.2) is 14.9 Å². The van der Waals surface area contributed by atoms with Gasteiger partial charge < -0.3 is 5.11 Å². The lowest BCUT2D eigenvalue weighted by atomic mass is 9.92. The Kier molecular flexibility index (Phi) is 3.47. The SMILES string of the molecule is Cn1ncc(Cl)c1C(C)(O)c1ccc(I)cc1. The fraction of sp³-hybridized carbons (Fsp3) is 0.250. The summed E-state index contributed by atoms with van der Waals surface area (Å²) >= 11 is 8.29. The van der Waals surface area contributed by atoms with Crippen molar-refractivity contribution in [2.75, 3.05) is 0 Å². The van der Waals surface area contributed by atoms with E-state index in [0.717, 1.165) is 9.13 Å². The molecule has 1 atom stereocenters. The topological polar surface area (TPSA) is 38.0 Å². The summed E-state index contributed by atoms with van der Waals surface area (Å²) in [7, 11) is 1.77. The molecule has 0 saturated carbocycles. The van der Waals surface area contributed by atoms with Crippen LogP contribution in [0.3, 0.4) is 0 Å². The van der Waals surface area contributed by atoms with E-state index in [4.69, 9.17) is 11.6 Å². The van der Waals surface area contributed by atoms with Gasteiger partial charge in [0.15, 0.2) is 0 Å². The molecule has 0 spiro atoms. The van der Waals surface area contributed by atoms with Crippen LogP contribution in [0.4, 0.5) is 0 Å². The summed E-state index contributed by atoms with van der Waals surface area (Å²) in [6.07, 6.45) is 1.54. The minimum absolute atomic E-state index is 0.469. The minimum Gasteiger partial charge on any atom is -0.379 e. The van der Waals surface area contributed by atoms with Crippen LogP contribution in [-0.2, 0) is 12.6 Å². The Labute approximate surface area is 119 Å². The monoisotopic (exact) mass is 362 g/mol. The fourth-order valence-corrected chi connectivity index (χ4v) is 2.58. The van der Waals surface area contributed by atoms with E-state index in [1.807, 2.05) is 24.3 Å². The van der Waals surface area contributed by atoms with Crippen molar-refractivity contribution in [1.29, 1.82) is 0 Å².